The molecule has 0 aliphatic heterocycles. The third-order valence-corrected chi connectivity index (χ3v) is 2.30. The van der Waals surface area contributed by atoms with E-state index >= 15 is 0 Å². The summed E-state index contributed by atoms with van der Waals surface area (Å²) in [6.07, 6.45) is 0. The van der Waals surface area contributed by atoms with Gasteiger partial charge in [-0.3, -0.25) is 0 Å². The topological polar surface area (TPSA) is 9.23 Å². The largest absolute Gasteiger partial charge is 0.494 e. The third kappa shape index (κ3) is 1.50. The third-order valence-electron chi connectivity index (χ3n) is 1.56. The van der Waals surface area contributed by atoms with Gasteiger partial charge in [-0.1, -0.05) is 23.2 Å². The molecule has 0 bridgehead atoms. The van der Waals surface area contributed by atoms with Gasteiger partial charge in [0.05, 0.1) is 17.2 Å². The van der Waals surface area contributed by atoms with Gasteiger partial charge in [-0.15, -0.1) is 0 Å². The Hall–Kier alpha value is -0.470. The van der Waals surface area contributed by atoms with Crippen LogP contribution in [0.2, 0.25) is 10.0 Å². The minimum Gasteiger partial charge on any atom is -0.494 e. The molecule has 12 heavy (non-hydrogen) atoms. The van der Waals surface area contributed by atoms with Crippen molar-refractivity contribution >= 4 is 23.2 Å². The fourth-order valence-corrected chi connectivity index (χ4v) is 1.44. The van der Waals surface area contributed by atoms with Gasteiger partial charge in [0, 0.05) is 5.56 Å². The highest BCUT2D eigenvalue weighted by atomic mass is 35.5. The first-order chi connectivity index (χ1) is 5.57. The second-order valence-corrected chi connectivity index (χ2v) is 3.10. The van der Waals surface area contributed by atoms with E-state index in [1.807, 2.05) is 0 Å². The molecule has 66 valence electrons. The number of hydrogen-bond acceptors (Lipinski definition) is 1. The van der Waals surface area contributed by atoms with Crippen molar-refractivity contribution in [2.75, 3.05) is 7.11 Å². The summed E-state index contributed by atoms with van der Waals surface area (Å²) in [6, 6.07) is 1.18. The van der Waals surface area contributed by atoms with Crippen LogP contribution >= 0.6 is 23.2 Å². The summed E-state index contributed by atoms with van der Waals surface area (Å²) >= 11 is 11.4. The van der Waals surface area contributed by atoms with Crippen molar-refractivity contribution in [3.63, 3.8) is 0 Å². The Morgan fingerprint density at radius 2 is 2.00 bits per heavy atom. The lowest BCUT2D eigenvalue weighted by molar-refractivity contribution is 0.413. The molecular formula is C8H7Cl2FO. The van der Waals surface area contributed by atoms with Crippen LogP contribution in [-0.4, -0.2) is 7.11 Å². The van der Waals surface area contributed by atoms with E-state index in [2.05, 4.69) is 0 Å². The molecule has 0 aromatic heterocycles. The molecule has 1 nitrogen and oxygen atoms in total. The molecule has 1 aromatic rings. The molecule has 0 spiro atoms. The molecule has 0 aliphatic rings. The predicted octanol–water partition coefficient (Wildman–Crippen LogP) is 3.45. The van der Waals surface area contributed by atoms with Crippen LogP contribution in [0.3, 0.4) is 0 Å². The van der Waals surface area contributed by atoms with Crippen molar-refractivity contribution in [3.05, 3.63) is 27.5 Å². The van der Waals surface area contributed by atoms with Crippen LogP contribution in [0.1, 0.15) is 5.56 Å². The summed E-state index contributed by atoms with van der Waals surface area (Å²) in [6.45, 7) is 1.57. The second-order valence-electron chi connectivity index (χ2n) is 2.31. The number of methoxy groups -OCH3 is 1. The molecule has 0 atom stereocenters. The Morgan fingerprint density at radius 1 is 1.42 bits per heavy atom. The maximum absolute atomic E-state index is 12.9. The smallest absolute Gasteiger partial charge is 0.156 e. The van der Waals surface area contributed by atoms with Crippen LogP contribution in [0.25, 0.3) is 0 Å². The van der Waals surface area contributed by atoms with Gasteiger partial charge in [0.25, 0.3) is 0 Å². The van der Waals surface area contributed by atoms with Gasteiger partial charge >= 0.3 is 0 Å². The van der Waals surface area contributed by atoms with Crippen LogP contribution in [0, 0.1) is 12.7 Å². The van der Waals surface area contributed by atoms with E-state index in [9.17, 15) is 4.39 Å². The molecule has 1 aromatic carbocycles. The Labute approximate surface area is 80.0 Å². The summed E-state index contributed by atoms with van der Waals surface area (Å²) in [4.78, 5) is 0. The zero-order valence-electron chi connectivity index (χ0n) is 6.62. The standard InChI is InChI=1S/C8H7Cl2FO/c1-4-6(11)3-5(9)8(12-2)7(4)10/h3H,1-2H3. The van der Waals surface area contributed by atoms with E-state index in [0.29, 0.717) is 11.3 Å². The number of benzene rings is 1. The Morgan fingerprint density at radius 3 is 2.50 bits per heavy atom. The fourth-order valence-electron chi connectivity index (χ4n) is 0.852. The highest BCUT2D eigenvalue weighted by Gasteiger charge is 2.12. The summed E-state index contributed by atoms with van der Waals surface area (Å²) in [7, 11) is 1.43. The highest BCUT2D eigenvalue weighted by Crippen LogP contribution is 2.36. The number of rotatable bonds is 1. The van der Waals surface area contributed by atoms with Crippen LogP contribution in [0.15, 0.2) is 6.07 Å². The number of ether oxygens (including phenoxy) is 1. The molecule has 1 rings (SSSR count). The lowest BCUT2D eigenvalue weighted by Gasteiger charge is -2.08. The van der Waals surface area contributed by atoms with Crippen molar-refractivity contribution in [2.45, 2.75) is 6.92 Å². The lowest BCUT2D eigenvalue weighted by atomic mass is 10.2. The van der Waals surface area contributed by atoms with Gasteiger partial charge in [0.15, 0.2) is 5.75 Å². The summed E-state index contributed by atoms with van der Waals surface area (Å²) in [5.74, 6) is -0.108. The SMILES string of the molecule is COc1c(Cl)cc(F)c(C)c1Cl. The summed E-state index contributed by atoms with van der Waals surface area (Å²) in [5.41, 5.74) is 0.345. The molecule has 0 unspecified atom stereocenters. The predicted molar refractivity (Wildman–Crippen MR) is 47.7 cm³/mol. The molecule has 0 amide bonds. The van der Waals surface area contributed by atoms with Crippen molar-refractivity contribution in [1.29, 1.82) is 0 Å². The molecule has 0 heterocycles. The summed E-state index contributed by atoms with van der Waals surface area (Å²) in [5, 5.41) is 0.410. The fraction of sp³-hybridized carbons (Fsp3) is 0.250. The van der Waals surface area contributed by atoms with Crippen LogP contribution < -0.4 is 4.74 Å². The average molecular weight is 209 g/mol. The minimum absolute atomic E-state index is 0.186. The van der Waals surface area contributed by atoms with Gasteiger partial charge in [-0.25, -0.2) is 4.39 Å². The molecule has 0 N–H and O–H groups in total. The van der Waals surface area contributed by atoms with Gasteiger partial charge in [0.2, 0.25) is 0 Å². The average Bonchev–Trinajstić information content (AvgIpc) is 2.01. The molecule has 0 radical (unpaired) electrons. The first-order valence-electron chi connectivity index (χ1n) is 3.26. The normalized spacial score (nSPS) is 10.1. The van der Waals surface area contributed by atoms with Crippen molar-refractivity contribution in [3.8, 4) is 5.75 Å². The Balaban J connectivity index is 3.40. The Bertz CT molecular complexity index is 312. The summed E-state index contributed by atoms with van der Waals surface area (Å²) < 4.78 is 17.8. The van der Waals surface area contributed by atoms with E-state index in [-0.39, 0.29) is 10.0 Å². The lowest BCUT2D eigenvalue weighted by Crippen LogP contribution is -1.91. The van der Waals surface area contributed by atoms with Crippen molar-refractivity contribution in [1.82, 2.24) is 0 Å². The zero-order valence-corrected chi connectivity index (χ0v) is 8.13. The Kier molecular flexibility index (Phi) is 2.80. The van der Waals surface area contributed by atoms with Gasteiger partial charge in [-0.05, 0) is 13.0 Å². The van der Waals surface area contributed by atoms with Crippen LogP contribution in [-0.2, 0) is 0 Å². The molecular weight excluding hydrogens is 202 g/mol. The van der Waals surface area contributed by atoms with E-state index in [4.69, 9.17) is 27.9 Å². The second kappa shape index (κ2) is 3.50. The number of hydrogen-bond donors (Lipinski definition) is 0. The van der Waals surface area contributed by atoms with E-state index < -0.39 is 5.82 Å². The number of halogens is 3. The quantitative estimate of drug-likeness (QED) is 0.688. The van der Waals surface area contributed by atoms with E-state index in [1.165, 1.54) is 13.2 Å². The zero-order chi connectivity index (χ0) is 9.30. The highest BCUT2D eigenvalue weighted by molar-refractivity contribution is 6.37. The maximum Gasteiger partial charge on any atom is 0.156 e. The van der Waals surface area contributed by atoms with E-state index in [1.54, 1.807) is 6.92 Å². The van der Waals surface area contributed by atoms with Gasteiger partial charge in [-0.2, -0.15) is 0 Å². The molecule has 0 aliphatic carbocycles. The minimum atomic E-state index is -0.425. The first kappa shape index (κ1) is 9.62. The van der Waals surface area contributed by atoms with Gasteiger partial charge < -0.3 is 4.74 Å². The van der Waals surface area contributed by atoms with Crippen molar-refractivity contribution < 1.29 is 9.13 Å². The molecule has 0 saturated carbocycles. The van der Waals surface area contributed by atoms with Crippen LogP contribution in [0.4, 0.5) is 4.39 Å². The molecule has 0 saturated heterocycles. The van der Waals surface area contributed by atoms with Crippen molar-refractivity contribution in [2.24, 2.45) is 0 Å². The first-order valence-corrected chi connectivity index (χ1v) is 4.01. The van der Waals surface area contributed by atoms with E-state index in [0.717, 1.165) is 0 Å². The maximum atomic E-state index is 12.9. The monoisotopic (exact) mass is 208 g/mol. The molecule has 4 heteroatoms. The van der Waals surface area contributed by atoms with Gasteiger partial charge in [0.1, 0.15) is 5.82 Å². The molecule has 0 fully saturated rings. The van der Waals surface area contributed by atoms with Crippen LogP contribution in [0.5, 0.6) is 5.75 Å².